The number of amidine groups is 1. The van der Waals surface area contributed by atoms with E-state index in [1.54, 1.807) is 19.2 Å². The second-order valence-electron chi connectivity index (χ2n) is 6.42. The Kier molecular flexibility index (Phi) is 7.45. The van der Waals surface area contributed by atoms with E-state index >= 15 is 0 Å². The molecule has 0 unspecified atom stereocenters. The number of esters is 1. The molecule has 1 aliphatic heterocycles. The summed E-state index contributed by atoms with van der Waals surface area (Å²) >= 11 is 1.00. The van der Waals surface area contributed by atoms with Crippen molar-refractivity contribution in [3.05, 3.63) is 70.1 Å². The molecule has 1 amide bonds. The van der Waals surface area contributed by atoms with E-state index in [0.717, 1.165) is 29.0 Å². The number of benzene rings is 2. The fourth-order valence-electron chi connectivity index (χ4n) is 2.52. The summed E-state index contributed by atoms with van der Waals surface area (Å²) in [4.78, 5) is 23.3. The molecule has 1 fully saturated rings. The van der Waals surface area contributed by atoms with Crippen LogP contribution in [0.3, 0.4) is 0 Å². The number of aryl methyl sites for hydroxylation is 1. The Morgan fingerprint density at radius 2 is 1.90 bits per heavy atom. The van der Waals surface area contributed by atoms with Crippen LogP contribution in [-0.2, 0) is 20.9 Å². The smallest absolute Gasteiger partial charge is 0.331 e. The van der Waals surface area contributed by atoms with E-state index in [9.17, 15) is 9.59 Å². The van der Waals surface area contributed by atoms with Crippen molar-refractivity contribution in [2.45, 2.75) is 13.5 Å². The molecule has 0 aliphatic carbocycles. The maximum atomic E-state index is 11.8. The van der Waals surface area contributed by atoms with Crippen molar-refractivity contribution in [1.82, 2.24) is 5.32 Å². The summed E-state index contributed by atoms with van der Waals surface area (Å²) in [6.45, 7) is 2.46. The Hall–Kier alpha value is -3.59. The van der Waals surface area contributed by atoms with Gasteiger partial charge in [-0.1, -0.05) is 29.8 Å². The lowest BCUT2D eigenvalue weighted by Crippen LogP contribution is -2.19. The first-order valence-electron chi connectivity index (χ1n) is 9.24. The van der Waals surface area contributed by atoms with Crippen LogP contribution in [0.5, 0.6) is 11.5 Å². The lowest BCUT2D eigenvalue weighted by atomic mass is 10.2. The van der Waals surface area contributed by atoms with Crippen molar-refractivity contribution in [2.24, 2.45) is 10.2 Å². The SMILES string of the molecule is COC(=O)/C=C1/S/C(=N\N=Cc2ccc(OCc3ccc(C)cc3)c(OC)c2)NC1=O. The predicted octanol–water partition coefficient (Wildman–Crippen LogP) is 3.19. The summed E-state index contributed by atoms with van der Waals surface area (Å²) < 4.78 is 15.8. The number of thioether (sulfide) groups is 1. The van der Waals surface area contributed by atoms with E-state index in [0.29, 0.717) is 18.1 Å². The number of ether oxygens (including phenoxy) is 3. The van der Waals surface area contributed by atoms with Crippen molar-refractivity contribution >= 4 is 35.0 Å². The van der Waals surface area contributed by atoms with E-state index in [2.05, 4.69) is 20.3 Å². The standard InChI is InChI=1S/C22H21N3O5S/c1-14-4-6-15(7-5-14)13-30-17-9-8-16(10-18(17)28-2)12-23-25-22-24-21(27)19(31-22)11-20(26)29-3/h4-12H,13H2,1-3H3,(H,24,25,27)/b19-11+,23-12?. The van der Waals surface area contributed by atoms with Crippen LogP contribution in [0.25, 0.3) is 0 Å². The number of nitrogens with zero attached hydrogens (tertiary/aromatic N) is 2. The summed E-state index contributed by atoms with van der Waals surface area (Å²) in [5, 5.41) is 10.7. The summed E-state index contributed by atoms with van der Waals surface area (Å²) in [6, 6.07) is 13.5. The number of carbonyl (C=O) groups excluding carboxylic acids is 2. The molecular formula is C22H21N3O5S. The minimum atomic E-state index is -0.612. The molecule has 8 nitrogen and oxygen atoms in total. The summed E-state index contributed by atoms with van der Waals surface area (Å²) in [5.41, 5.74) is 2.99. The third-order valence-corrected chi connectivity index (χ3v) is 5.06. The zero-order chi connectivity index (χ0) is 22.2. The van der Waals surface area contributed by atoms with E-state index in [1.165, 1.54) is 18.9 Å². The average Bonchev–Trinajstić information content (AvgIpc) is 3.12. The molecule has 0 aromatic heterocycles. The third-order valence-electron chi connectivity index (χ3n) is 4.16. The van der Waals surface area contributed by atoms with Crippen LogP contribution in [0.4, 0.5) is 0 Å². The number of hydrogen-bond acceptors (Lipinski definition) is 8. The predicted molar refractivity (Wildman–Crippen MR) is 119 cm³/mol. The van der Waals surface area contributed by atoms with Crippen molar-refractivity contribution in [1.29, 1.82) is 0 Å². The molecule has 2 aromatic carbocycles. The number of amides is 1. The van der Waals surface area contributed by atoms with Gasteiger partial charge in [-0.15, -0.1) is 5.10 Å². The largest absolute Gasteiger partial charge is 0.493 e. The fraction of sp³-hybridized carbons (Fsp3) is 0.182. The lowest BCUT2D eigenvalue weighted by Gasteiger charge is -2.11. The number of methoxy groups -OCH3 is 2. The van der Waals surface area contributed by atoms with Gasteiger partial charge in [-0.05, 0) is 48.0 Å². The summed E-state index contributed by atoms with van der Waals surface area (Å²) in [6.07, 6.45) is 2.63. The molecule has 2 aromatic rings. The Balaban J connectivity index is 1.64. The van der Waals surface area contributed by atoms with Crippen LogP contribution in [0, 0.1) is 6.92 Å². The lowest BCUT2D eigenvalue weighted by molar-refractivity contribution is -0.135. The van der Waals surface area contributed by atoms with E-state index in [1.807, 2.05) is 37.3 Å². The van der Waals surface area contributed by atoms with Crippen LogP contribution in [-0.4, -0.2) is 37.5 Å². The minimum absolute atomic E-state index is 0.192. The number of carbonyl (C=O) groups is 2. The van der Waals surface area contributed by atoms with Gasteiger partial charge in [0, 0.05) is 6.08 Å². The van der Waals surface area contributed by atoms with Gasteiger partial charge in [0.1, 0.15) is 6.61 Å². The Bertz CT molecular complexity index is 1060. The molecule has 0 spiro atoms. The molecular weight excluding hydrogens is 418 g/mol. The van der Waals surface area contributed by atoms with Crippen LogP contribution in [0.2, 0.25) is 0 Å². The van der Waals surface area contributed by atoms with E-state index in [-0.39, 0.29) is 10.1 Å². The molecule has 0 atom stereocenters. The molecule has 1 saturated heterocycles. The molecule has 0 bridgehead atoms. The number of hydrogen-bond donors (Lipinski definition) is 1. The number of nitrogens with one attached hydrogen (secondary N) is 1. The van der Waals surface area contributed by atoms with Crippen LogP contribution < -0.4 is 14.8 Å². The van der Waals surface area contributed by atoms with Crippen molar-refractivity contribution < 1.29 is 23.8 Å². The molecule has 9 heteroatoms. The Morgan fingerprint density at radius 3 is 2.61 bits per heavy atom. The molecule has 160 valence electrons. The highest BCUT2D eigenvalue weighted by atomic mass is 32.2. The fourth-order valence-corrected chi connectivity index (χ4v) is 3.26. The normalized spacial score (nSPS) is 16.0. The van der Waals surface area contributed by atoms with Crippen molar-refractivity contribution in [2.75, 3.05) is 14.2 Å². The van der Waals surface area contributed by atoms with Crippen LogP contribution in [0.1, 0.15) is 16.7 Å². The zero-order valence-corrected chi connectivity index (χ0v) is 18.1. The van der Waals surface area contributed by atoms with Gasteiger partial charge in [0.25, 0.3) is 5.91 Å². The van der Waals surface area contributed by atoms with E-state index < -0.39 is 11.9 Å². The highest BCUT2D eigenvalue weighted by Crippen LogP contribution is 2.28. The monoisotopic (exact) mass is 439 g/mol. The topological polar surface area (TPSA) is 98.6 Å². The zero-order valence-electron chi connectivity index (χ0n) is 17.2. The average molecular weight is 439 g/mol. The van der Waals surface area contributed by atoms with Gasteiger partial charge in [-0.25, -0.2) is 4.79 Å². The van der Waals surface area contributed by atoms with Gasteiger partial charge in [-0.2, -0.15) is 5.10 Å². The van der Waals surface area contributed by atoms with Crippen molar-refractivity contribution in [3.63, 3.8) is 0 Å². The second kappa shape index (κ2) is 10.4. The van der Waals surface area contributed by atoms with Gasteiger partial charge >= 0.3 is 5.97 Å². The molecule has 1 N–H and O–H groups in total. The first-order valence-corrected chi connectivity index (χ1v) is 10.1. The van der Waals surface area contributed by atoms with Gasteiger partial charge in [0.05, 0.1) is 25.3 Å². The first kappa shape index (κ1) is 22.1. The molecule has 1 heterocycles. The number of rotatable bonds is 7. The van der Waals surface area contributed by atoms with E-state index in [4.69, 9.17) is 9.47 Å². The van der Waals surface area contributed by atoms with Crippen molar-refractivity contribution in [3.8, 4) is 11.5 Å². The molecule has 3 rings (SSSR count). The van der Waals surface area contributed by atoms with Gasteiger partial charge < -0.3 is 14.2 Å². The Morgan fingerprint density at radius 1 is 1.13 bits per heavy atom. The molecule has 0 radical (unpaired) electrons. The Labute approximate surface area is 184 Å². The van der Waals surface area contributed by atoms with Crippen LogP contribution in [0.15, 0.2) is 63.6 Å². The van der Waals surface area contributed by atoms with Gasteiger partial charge in [-0.3, -0.25) is 10.1 Å². The summed E-state index contributed by atoms with van der Waals surface area (Å²) in [7, 11) is 2.80. The first-order chi connectivity index (χ1) is 15.0. The van der Waals surface area contributed by atoms with Gasteiger partial charge in [0.2, 0.25) is 0 Å². The minimum Gasteiger partial charge on any atom is -0.493 e. The maximum Gasteiger partial charge on any atom is 0.331 e. The third kappa shape index (κ3) is 6.19. The quantitative estimate of drug-likeness (QED) is 0.308. The van der Waals surface area contributed by atoms with Crippen LogP contribution >= 0.6 is 11.8 Å². The van der Waals surface area contributed by atoms with Gasteiger partial charge in [0.15, 0.2) is 16.7 Å². The highest BCUT2D eigenvalue weighted by Gasteiger charge is 2.25. The molecule has 1 aliphatic rings. The maximum absolute atomic E-state index is 11.8. The molecule has 0 saturated carbocycles. The highest BCUT2D eigenvalue weighted by molar-refractivity contribution is 8.18. The summed E-state index contributed by atoms with van der Waals surface area (Å²) in [5.74, 6) is 0.138. The molecule has 31 heavy (non-hydrogen) atoms. The second-order valence-corrected chi connectivity index (χ2v) is 7.45.